The molecule has 3 heteroatoms. The van der Waals surface area contributed by atoms with Crippen LogP contribution in [-0.4, -0.2) is 13.1 Å². The molecule has 0 aromatic carbocycles. The molecular formula is C4H10ClNZr. The minimum absolute atomic E-state index is 0. The van der Waals surface area contributed by atoms with Gasteiger partial charge in [-0.15, -0.1) is 0 Å². The fraction of sp³-hybridized carbons (Fsp3) is 1.00. The number of hydrogen-bond acceptors (Lipinski definition) is 0. The zero-order valence-corrected chi connectivity index (χ0v) is 7.95. The van der Waals surface area contributed by atoms with Gasteiger partial charge in [0.25, 0.3) is 0 Å². The first kappa shape index (κ1) is 15.7. The van der Waals surface area contributed by atoms with Crippen molar-refractivity contribution in [3.05, 3.63) is 5.32 Å². The first-order valence-electron chi connectivity index (χ1n) is 2.05. The summed E-state index contributed by atoms with van der Waals surface area (Å²) in [5, 5.41) is 3.97. The average molecular weight is 199 g/mol. The molecule has 0 unspecified atom stereocenters. The van der Waals surface area contributed by atoms with Crippen LogP contribution in [0.3, 0.4) is 0 Å². The summed E-state index contributed by atoms with van der Waals surface area (Å²) in [5.41, 5.74) is 0. The Morgan fingerprint density at radius 3 is 1.43 bits per heavy atom. The molecule has 42 valence electrons. The predicted octanol–water partition coefficient (Wildman–Crippen LogP) is -1.60. The third kappa shape index (κ3) is 19.1. The average Bonchev–Trinajstić information content (AvgIpc) is 1.41. The number of halogens is 1. The molecule has 0 amide bonds. The Bertz CT molecular complexity index is 19.2. The van der Waals surface area contributed by atoms with E-state index in [-0.39, 0.29) is 38.6 Å². The molecule has 0 fully saturated rings. The van der Waals surface area contributed by atoms with Gasteiger partial charge in [-0.2, -0.15) is 13.1 Å². The normalized spacial score (nSPS) is 6.00. The molecule has 0 radical (unpaired) electrons. The van der Waals surface area contributed by atoms with Crippen molar-refractivity contribution in [2.75, 3.05) is 13.1 Å². The van der Waals surface area contributed by atoms with Gasteiger partial charge in [-0.3, -0.25) is 0 Å². The minimum atomic E-state index is 0. The molecule has 0 saturated carbocycles. The Labute approximate surface area is 70.8 Å². The van der Waals surface area contributed by atoms with Crippen LogP contribution in [0.1, 0.15) is 13.8 Å². The maximum atomic E-state index is 3.97. The van der Waals surface area contributed by atoms with Gasteiger partial charge in [-0.25, -0.2) is 0 Å². The monoisotopic (exact) mass is 197 g/mol. The van der Waals surface area contributed by atoms with Crippen LogP contribution in [0.5, 0.6) is 0 Å². The standard InChI is InChI=1S/C4H10N.ClH.Zr/c1-3-5-4-2;;/h3-4H2,1-2H3;1H;/q-1;;+2/p-1. The van der Waals surface area contributed by atoms with E-state index in [1.807, 2.05) is 13.8 Å². The first-order chi connectivity index (χ1) is 2.41. The van der Waals surface area contributed by atoms with Crippen LogP contribution in [0.25, 0.3) is 5.32 Å². The number of nitrogens with zero attached hydrogens (tertiary/aromatic N) is 1. The van der Waals surface area contributed by atoms with Crippen molar-refractivity contribution in [1.82, 2.24) is 0 Å². The van der Waals surface area contributed by atoms with Crippen molar-refractivity contribution in [3.8, 4) is 0 Å². The fourth-order valence-corrected chi connectivity index (χ4v) is 0.224. The second kappa shape index (κ2) is 15.7. The molecule has 0 spiro atoms. The van der Waals surface area contributed by atoms with Gasteiger partial charge in [-0.05, 0) is 0 Å². The van der Waals surface area contributed by atoms with Crippen LogP contribution in [-0.2, 0) is 26.2 Å². The second-order valence-electron chi connectivity index (χ2n) is 0.856. The van der Waals surface area contributed by atoms with E-state index in [4.69, 9.17) is 0 Å². The van der Waals surface area contributed by atoms with E-state index in [1.54, 1.807) is 0 Å². The molecule has 0 rings (SSSR count). The molecule has 0 atom stereocenters. The molecule has 0 bridgehead atoms. The van der Waals surface area contributed by atoms with Crippen molar-refractivity contribution in [2.24, 2.45) is 0 Å². The summed E-state index contributed by atoms with van der Waals surface area (Å²) in [6.45, 7) is 6.03. The van der Waals surface area contributed by atoms with Gasteiger partial charge in [0.15, 0.2) is 0 Å². The molecule has 0 N–H and O–H groups in total. The summed E-state index contributed by atoms with van der Waals surface area (Å²) in [6.07, 6.45) is 0. The van der Waals surface area contributed by atoms with Crippen LogP contribution in [0.4, 0.5) is 0 Å². The zero-order valence-electron chi connectivity index (χ0n) is 4.74. The van der Waals surface area contributed by atoms with Gasteiger partial charge in [0.2, 0.25) is 0 Å². The largest absolute Gasteiger partial charge is 2.00 e. The Balaban J connectivity index is -0.0000000800. The second-order valence-corrected chi connectivity index (χ2v) is 0.856. The summed E-state index contributed by atoms with van der Waals surface area (Å²) in [5.74, 6) is 0. The maximum absolute atomic E-state index is 3.97. The van der Waals surface area contributed by atoms with E-state index in [0.29, 0.717) is 0 Å². The molecule has 0 aliphatic rings. The van der Waals surface area contributed by atoms with Crippen molar-refractivity contribution >= 4 is 0 Å². The quantitative estimate of drug-likeness (QED) is 0.508. The van der Waals surface area contributed by atoms with E-state index < -0.39 is 0 Å². The third-order valence-electron chi connectivity index (χ3n) is 0.447. The Kier molecular flexibility index (Phi) is 35.2. The molecule has 0 aromatic heterocycles. The summed E-state index contributed by atoms with van der Waals surface area (Å²) >= 11 is 0. The van der Waals surface area contributed by atoms with Crippen molar-refractivity contribution in [1.29, 1.82) is 0 Å². The molecule has 0 aromatic rings. The van der Waals surface area contributed by atoms with Crippen LogP contribution >= 0.6 is 0 Å². The molecule has 0 saturated heterocycles. The Morgan fingerprint density at radius 1 is 1.14 bits per heavy atom. The van der Waals surface area contributed by atoms with E-state index in [1.165, 1.54) is 0 Å². The molecule has 0 aliphatic heterocycles. The summed E-state index contributed by atoms with van der Waals surface area (Å²) in [4.78, 5) is 0. The Morgan fingerprint density at radius 2 is 1.43 bits per heavy atom. The SMILES string of the molecule is CC[N-]CC.[Cl-].[Zr+2]. The first-order valence-corrected chi connectivity index (χ1v) is 2.05. The van der Waals surface area contributed by atoms with Crippen LogP contribution in [0.15, 0.2) is 0 Å². The van der Waals surface area contributed by atoms with E-state index in [0.717, 1.165) is 13.1 Å². The summed E-state index contributed by atoms with van der Waals surface area (Å²) < 4.78 is 0. The van der Waals surface area contributed by atoms with E-state index >= 15 is 0 Å². The minimum Gasteiger partial charge on any atom is -1.00 e. The fourth-order valence-electron chi connectivity index (χ4n) is 0.224. The zero-order chi connectivity index (χ0) is 4.12. The molecule has 0 heterocycles. The smallest absolute Gasteiger partial charge is 1.00 e. The van der Waals surface area contributed by atoms with E-state index in [2.05, 4.69) is 5.32 Å². The van der Waals surface area contributed by atoms with Gasteiger partial charge in [-0.1, -0.05) is 13.8 Å². The molecule has 1 nitrogen and oxygen atoms in total. The summed E-state index contributed by atoms with van der Waals surface area (Å²) in [7, 11) is 0. The molecular weight excluding hydrogens is 189 g/mol. The molecule has 7 heavy (non-hydrogen) atoms. The van der Waals surface area contributed by atoms with Crippen LogP contribution < -0.4 is 12.4 Å². The van der Waals surface area contributed by atoms with Crippen molar-refractivity contribution in [3.63, 3.8) is 0 Å². The van der Waals surface area contributed by atoms with Crippen molar-refractivity contribution < 1.29 is 38.6 Å². The van der Waals surface area contributed by atoms with Crippen LogP contribution in [0, 0.1) is 0 Å². The number of rotatable bonds is 2. The van der Waals surface area contributed by atoms with Crippen LogP contribution in [0.2, 0.25) is 0 Å². The van der Waals surface area contributed by atoms with Gasteiger partial charge in [0, 0.05) is 0 Å². The van der Waals surface area contributed by atoms with Gasteiger partial charge in [0.1, 0.15) is 0 Å². The van der Waals surface area contributed by atoms with Gasteiger partial charge in [0.05, 0.1) is 0 Å². The summed E-state index contributed by atoms with van der Waals surface area (Å²) in [6, 6.07) is 0. The maximum Gasteiger partial charge on any atom is 2.00 e. The molecule has 0 aliphatic carbocycles. The topological polar surface area (TPSA) is 14.1 Å². The number of hydrogen-bond donors (Lipinski definition) is 0. The van der Waals surface area contributed by atoms with E-state index in [9.17, 15) is 0 Å². The predicted molar refractivity (Wildman–Crippen MR) is 24.4 cm³/mol. The van der Waals surface area contributed by atoms with Gasteiger partial charge < -0.3 is 17.7 Å². The van der Waals surface area contributed by atoms with Gasteiger partial charge >= 0.3 is 26.2 Å². The Hall–Kier alpha value is 1.13. The van der Waals surface area contributed by atoms with Crippen molar-refractivity contribution in [2.45, 2.75) is 13.8 Å². The third-order valence-corrected chi connectivity index (χ3v) is 0.447.